The van der Waals surface area contributed by atoms with Crippen LogP contribution in [0.4, 0.5) is 5.69 Å². The van der Waals surface area contributed by atoms with Gasteiger partial charge in [0.2, 0.25) is 6.79 Å². The summed E-state index contributed by atoms with van der Waals surface area (Å²) in [6.07, 6.45) is 1.45. The lowest BCUT2D eigenvalue weighted by Crippen LogP contribution is -2.26. The van der Waals surface area contributed by atoms with Crippen molar-refractivity contribution in [3.63, 3.8) is 0 Å². The minimum atomic E-state index is -0.306. The predicted octanol–water partition coefficient (Wildman–Crippen LogP) is 2.64. The molecule has 0 unspecified atom stereocenters. The normalized spacial score (nSPS) is 12.2. The first-order chi connectivity index (χ1) is 12.2. The van der Waals surface area contributed by atoms with Crippen LogP contribution in [-0.4, -0.2) is 32.6 Å². The third-order valence-electron chi connectivity index (χ3n) is 3.43. The molecule has 0 bridgehead atoms. The Hall–Kier alpha value is -2.93. The van der Waals surface area contributed by atoms with E-state index < -0.39 is 0 Å². The first-order valence-electron chi connectivity index (χ1n) is 7.45. The van der Waals surface area contributed by atoms with Gasteiger partial charge in [0.15, 0.2) is 11.5 Å². The quantitative estimate of drug-likeness (QED) is 0.610. The minimum absolute atomic E-state index is 0.0482. The van der Waals surface area contributed by atoms with Gasteiger partial charge in [-0.3, -0.25) is 4.79 Å². The summed E-state index contributed by atoms with van der Waals surface area (Å²) in [7, 11) is 1.57. The molecular weight excluding hydrogens is 346 g/mol. The molecular formula is C17H16ClN3O4. The second-order valence-electron chi connectivity index (χ2n) is 5.07. The van der Waals surface area contributed by atoms with Crippen molar-refractivity contribution < 1.29 is 19.0 Å². The second kappa shape index (κ2) is 7.76. The van der Waals surface area contributed by atoms with Crippen molar-refractivity contribution in [2.75, 3.05) is 25.8 Å². The molecule has 130 valence electrons. The number of carbonyl (C=O) groups excluding carboxylic acids is 1. The molecule has 0 spiro atoms. The molecule has 1 amide bonds. The summed E-state index contributed by atoms with van der Waals surface area (Å²) >= 11 is 6.13. The van der Waals surface area contributed by atoms with Crippen molar-refractivity contribution in [1.82, 2.24) is 5.43 Å². The summed E-state index contributed by atoms with van der Waals surface area (Å²) in [4.78, 5) is 11.9. The average Bonchev–Trinajstić information content (AvgIpc) is 3.07. The van der Waals surface area contributed by atoms with Crippen molar-refractivity contribution in [3.8, 4) is 17.2 Å². The Bertz CT molecular complexity index is 810. The highest BCUT2D eigenvalue weighted by atomic mass is 35.5. The van der Waals surface area contributed by atoms with Crippen LogP contribution in [0.1, 0.15) is 5.56 Å². The number of nitrogens with zero attached hydrogens (tertiary/aromatic N) is 1. The summed E-state index contributed by atoms with van der Waals surface area (Å²) in [6, 6.07) is 10.7. The van der Waals surface area contributed by atoms with Gasteiger partial charge in [-0.05, 0) is 18.2 Å². The molecule has 25 heavy (non-hydrogen) atoms. The SMILES string of the molecule is COc1ccccc1NCC(=O)NN=Cc1cc2c(cc1Cl)OCO2. The van der Waals surface area contributed by atoms with Crippen LogP contribution < -0.4 is 25.0 Å². The largest absolute Gasteiger partial charge is 0.495 e. The maximum absolute atomic E-state index is 11.9. The van der Waals surface area contributed by atoms with E-state index in [2.05, 4.69) is 15.8 Å². The topological polar surface area (TPSA) is 81.2 Å². The van der Waals surface area contributed by atoms with Crippen LogP contribution in [-0.2, 0) is 4.79 Å². The van der Waals surface area contributed by atoms with Gasteiger partial charge in [-0.2, -0.15) is 5.10 Å². The fraction of sp³-hybridized carbons (Fsp3) is 0.176. The number of ether oxygens (including phenoxy) is 3. The summed E-state index contributed by atoms with van der Waals surface area (Å²) < 4.78 is 15.7. The molecule has 2 aromatic rings. The fourth-order valence-corrected chi connectivity index (χ4v) is 2.41. The number of halogens is 1. The molecule has 2 N–H and O–H groups in total. The first-order valence-corrected chi connectivity index (χ1v) is 7.83. The summed E-state index contributed by atoms with van der Waals surface area (Å²) in [5.74, 6) is 1.53. The second-order valence-corrected chi connectivity index (χ2v) is 5.48. The molecule has 0 aliphatic carbocycles. The molecule has 0 aromatic heterocycles. The van der Waals surface area contributed by atoms with Crippen LogP contribution >= 0.6 is 11.6 Å². The zero-order chi connectivity index (χ0) is 17.6. The highest BCUT2D eigenvalue weighted by Gasteiger charge is 2.15. The fourth-order valence-electron chi connectivity index (χ4n) is 2.21. The van der Waals surface area contributed by atoms with Gasteiger partial charge in [-0.1, -0.05) is 23.7 Å². The van der Waals surface area contributed by atoms with E-state index in [4.69, 9.17) is 25.8 Å². The molecule has 0 saturated carbocycles. The van der Waals surface area contributed by atoms with Crippen LogP contribution in [0.2, 0.25) is 5.02 Å². The Morgan fingerprint density at radius 1 is 1.32 bits per heavy atom. The van der Waals surface area contributed by atoms with Crippen molar-refractivity contribution in [1.29, 1.82) is 0 Å². The number of fused-ring (bicyclic) bond motifs is 1. The van der Waals surface area contributed by atoms with Gasteiger partial charge in [0.1, 0.15) is 5.75 Å². The van der Waals surface area contributed by atoms with E-state index in [1.807, 2.05) is 18.2 Å². The van der Waals surface area contributed by atoms with Gasteiger partial charge >= 0.3 is 0 Å². The number of methoxy groups -OCH3 is 1. The van der Waals surface area contributed by atoms with Crippen LogP contribution in [0.25, 0.3) is 0 Å². The molecule has 1 aliphatic rings. The Morgan fingerprint density at radius 3 is 2.88 bits per heavy atom. The Balaban J connectivity index is 1.55. The zero-order valence-electron chi connectivity index (χ0n) is 13.4. The third kappa shape index (κ3) is 4.13. The number of hydrazone groups is 1. The molecule has 1 heterocycles. The molecule has 0 fully saturated rings. The summed E-state index contributed by atoms with van der Waals surface area (Å²) in [5.41, 5.74) is 3.77. The number of anilines is 1. The van der Waals surface area contributed by atoms with Gasteiger partial charge in [-0.15, -0.1) is 0 Å². The van der Waals surface area contributed by atoms with E-state index in [0.717, 1.165) is 5.69 Å². The van der Waals surface area contributed by atoms with E-state index >= 15 is 0 Å². The number of hydrogen-bond acceptors (Lipinski definition) is 6. The van der Waals surface area contributed by atoms with E-state index in [-0.39, 0.29) is 19.2 Å². The Kier molecular flexibility index (Phi) is 5.25. The smallest absolute Gasteiger partial charge is 0.259 e. The van der Waals surface area contributed by atoms with Crippen molar-refractivity contribution in [2.24, 2.45) is 5.10 Å². The monoisotopic (exact) mass is 361 g/mol. The van der Waals surface area contributed by atoms with Crippen molar-refractivity contribution >= 4 is 29.4 Å². The number of rotatable bonds is 6. The predicted molar refractivity (Wildman–Crippen MR) is 94.8 cm³/mol. The summed E-state index contributed by atoms with van der Waals surface area (Å²) in [5, 5.41) is 7.34. The van der Waals surface area contributed by atoms with Crippen molar-refractivity contribution in [2.45, 2.75) is 0 Å². The Labute approximate surface area is 149 Å². The zero-order valence-corrected chi connectivity index (χ0v) is 14.2. The average molecular weight is 362 g/mol. The summed E-state index contributed by atoms with van der Waals surface area (Å²) in [6.45, 7) is 0.212. The maximum atomic E-state index is 11.9. The van der Waals surface area contributed by atoms with Crippen LogP contribution in [0.3, 0.4) is 0 Å². The van der Waals surface area contributed by atoms with Crippen LogP contribution in [0, 0.1) is 0 Å². The lowest BCUT2D eigenvalue weighted by Gasteiger charge is -2.09. The number of carbonyl (C=O) groups is 1. The molecule has 0 saturated heterocycles. The Morgan fingerprint density at radius 2 is 2.08 bits per heavy atom. The number of amides is 1. The highest BCUT2D eigenvalue weighted by Crippen LogP contribution is 2.36. The number of benzene rings is 2. The highest BCUT2D eigenvalue weighted by molar-refractivity contribution is 6.33. The van der Waals surface area contributed by atoms with Crippen LogP contribution in [0.15, 0.2) is 41.5 Å². The van der Waals surface area contributed by atoms with E-state index in [1.165, 1.54) is 6.21 Å². The standard InChI is InChI=1S/C17H16ClN3O4/c1-23-14-5-3-2-4-13(14)19-9-17(22)21-20-8-11-6-15-16(7-12(11)18)25-10-24-15/h2-8,19H,9-10H2,1H3,(H,21,22). The lowest BCUT2D eigenvalue weighted by atomic mass is 10.2. The third-order valence-corrected chi connectivity index (χ3v) is 3.76. The minimum Gasteiger partial charge on any atom is -0.495 e. The van der Waals surface area contributed by atoms with E-state index in [0.29, 0.717) is 27.8 Å². The van der Waals surface area contributed by atoms with Gasteiger partial charge in [0.05, 0.1) is 30.6 Å². The van der Waals surface area contributed by atoms with E-state index in [1.54, 1.807) is 25.3 Å². The van der Waals surface area contributed by atoms with Crippen molar-refractivity contribution in [3.05, 3.63) is 47.0 Å². The van der Waals surface area contributed by atoms with E-state index in [9.17, 15) is 4.79 Å². The molecule has 1 aliphatic heterocycles. The van der Waals surface area contributed by atoms with Gasteiger partial charge in [-0.25, -0.2) is 5.43 Å². The van der Waals surface area contributed by atoms with Gasteiger partial charge < -0.3 is 19.5 Å². The first kappa shape index (κ1) is 16.9. The van der Waals surface area contributed by atoms with Gasteiger partial charge in [0.25, 0.3) is 5.91 Å². The maximum Gasteiger partial charge on any atom is 0.259 e. The van der Waals surface area contributed by atoms with Crippen LogP contribution in [0.5, 0.6) is 17.2 Å². The molecule has 2 aromatic carbocycles. The molecule has 7 nitrogen and oxygen atoms in total. The number of hydrogen-bond donors (Lipinski definition) is 2. The molecule has 0 radical (unpaired) electrons. The lowest BCUT2D eigenvalue weighted by molar-refractivity contribution is -0.119. The molecule has 8 heteroatoms. The molecule has 0 atom stereocenters. The number of nitrogens with one attached hydrogen (secondary N) is 2. The number of para-hydroxylation sites is 2. The molecule has 3 rings (SSSR count). The van der Waals surface area contributed by atoms with Gasteiger partial charge in [0, 0.05) is 11.6 Å².